The lowest BCUT2D eigenvalue weighted by Gasteiger charge is -2.06. The van der Waals surface area contributed by atoms with Gasteiger partial charge in [-0.15, -0.1) is 0 Å². The Hall–Kier alpha value is -3.09. The van der Waals surface area contributed by atoms with Gasteiger partial charge in [0.2, 0.25) is 0 Å². The van der Waals surface area contributed by atoms with E-state index in [1.165, 1.54) is 0 Å². The first-order chi connectivity index (χ1) is 12.1. The zero-order chi connectivity index (χ0) is 17.6. The zero-order valence-corrected chi connectivity index (χ0v) is 14.0. The Morgan fingerprint density at radius 1 is 0.880 bits per heavy atom. The Labute approximate surface area is 151 Å². The number of halogens is 1. The van der Waals surface area contributed by atoms with Crippen molar-refractivity contribution in [1.82, 2.24) is 0 Å². The van der Waals surface area contributed by atoms with Crippen LogP contribution in [0.15, 0.2) is 72.8 Å². The number of carbonyl (C=O) groups excluding carboxylic acids is 1. The van der Waals surface area contributed by atoms with Gasteiger partial charge >= 0.3 is 5.97 Å². The van der Waals surface area contributed by atoms with E-state index in [1.807, 2.05) is 24.3 Å². The van der Waals surface area contributed by atoms with Crippen LogP contribution in [0.3, 0.4) is 0 Å². The fourth-order valence-corrected chi connectivity index (χ4v) is 2.52. The monoisotopic (exact) mass is 347 g/mol. The van der Waals surface area contributed by atoms with Gasteiger partial charge in [0.15, 0.2) is 0 Å². The molecule has 0 radical (unpaired) electrons. The summed E-state index contributed by atoms with van der Waals surface area (Å²) in [6.45, 7) is 0. The molecule has 0 heterocycles. The number of esters is 1. The molecule has 3 rings (SSSR count). The molecule has 3 aromatic rings. The summed E-state index contributed by atoms with van der Waals surface area (Å²) >= 11 is 5.83. The molecular weight excluding hydrogens is 334 g/mol. The molecule has 3 aromatic carbocycles. The molecule has 0 aliphatic carbocycles. The highest BCUT2D eigenvalue weighted by Gasteiger charge is 2.07. The highest BCUT2D eigenvalue weighted by Crippen LogP contribution is 2.23. The van der Waals surface area contributed by atoms with Crippen molar-refractivity contribution in [2.45, 2.75) is 6.42 Å². The third-order valence-electron chi connectivity index (χ3n) is 3.70. The Bertz CT molecular complexity index is 908. The summed E-state index contributed by atoms with van der Waals surface area (Å²) < 4.78 is 5.36. The molecule has 0 unspecified atom stereocenters. The van der Waals surface area contributed by atoms with Crippen molar-refractivity contribution in [3.63, 3.8) is 0 Å². The molecule has 0 atom stereocenters. The minimum Gasteiger partial charge on any atom is -0.426 e. The topological polar surface area (TPSA) is 50.1 Å². The minimum atomic E-state index is -0.326. The minimum absolute atomic E-state index is 0.189. The van der Waals surface area contributed by atoms with Gasteiger partial charge < -0.3 is 4.74 Å². The van der Waals surface area contributed by atoms with Crippen molar-refractivity contribution in [2.24, 2.45) is 0 Å². The van der Waals surface area contributed by atoms with E-state index < -0.39 is 0 Å². The van der Waals surface area contributed by atoms with Crippen LogP contribution in [0, 0.1) is 11.3 Å². The fourth-order valence-electron chi connectivity index (χ4n) is 2.39. The van der Waals surface area contributed by atoms with Crippen LogP contribution >= 0.6 is 11.6 Å². The summed E-state index contributed by atoms with van der Waals surface area (Å²) in [6, 6.07) is 23.8. The van der Waals surface area contributed by atoms with Crippen LogP contribution in [-0.4, -0.2) is 5.97 Å². The zero-order valence-electron chi connectivity index (χ0n) is 13.3. The van der Waals surface area contributed by atoms with E-state index in [0.29, 0.717) is 16.3 Å². The predicted octanol–water partition coefficient (Wildman–Crippen LogP) is 5.03. The summed E-state index contributed by atoms with van der Waals surface area (Å²) in [4.78, 5) is 12.0. The second kappa shape index (κ2) is 7.65. The molecule has 3 nitrogen and oxygen atoms in total. The first kappa shape index (κ1) is 16.8. The molecule has 0 spiro atoms. The van der Waals surface area contributed by atoms with E-state index >= 15 is 0 Å². The van der Waals surface area contributed by atoms with Crippen LogP contribution in [0.25, 0.3) is 11.1 Å². The number of rotatable bonds is 4. The molecule has 0 saturated carbocycles. The average molecular weight is 348 g/mol. The molecule has 0 aliphatic heterocycles. The Kier molecular flexibility index (Phi) is 5.13. The van der Waals surface area contributed by atoms with Crippen molar-refractivity contribution in [1.29, 1.82) is 5.26 Å². The number of nitriles is 1. The number of hydrogen-bond donors (Lipinski definition) is 0. The standard InChI is InChI=1S/C21H14ClNO2/c22-19-9-3-15(4-10-19)13-21(24)25-20-11-7-18(8-12-20)17-5-1-16(14-23)2-6-17/h1-12H,13H2. The largest absolute Gasteiger partial charge is 0.426 e. The molecule has 0 aliphatic rings. The highest BCUT2D eigenvalue weighted by molar-refractivity contribution is 6.30. The lowest BCUT2D eigenvalue weighted by atomic mass is 10.0. The van der Waals surface area contributed by atoms with E-state index in [2.05, 4.69) is 6.07 Å². The molecule has 4 heteroatoms. The van der Waals surface area contributed by atoms with E-state index in [1.54, 1.807) is 48.5 Å². The van der Waals surface area contributed by atoms with Crippen LogP contribution in [0.2, 0.25) is 5.02 Å². The number of ether oxygens (including phenoxy) is 1. The van der Waals surface area contributed by atoms with Gasteiger partial charge in [-0.25, -0.2) is 0 Å². The van der Waals surface area contributed by atoms with Gasteiger partial charge in [-0.05, 0) is 53.1 Å². The van der Waals surface area contributed by atoms with Gasteiger partial charge in [0.05, 0.1) is 18.1 Å². The first-order valence-corrected chi connectivity index (χ1v) is 8.07. The number of nitrogens with zero attached hydrogens (tertiary/aromatic N) is 1. The summed E-state index contributed by atoms with van der Waals surface area (Å²) in [6.07, 6.45) is 0.189. The third-order valence-corrected chi connectivity index (χ3v) is 3.95. The fraction of sp³-hybridized carbons (Fsp3) is 0.0476. The van der Waals surface area contributed by atoms with Gasteiger partial charge in [0.25, 0.3) is 0 Å². The van der Waals surface area contributed by atoms with Crippen molar-refractivity contribution in [3.05, 3.63) is 88.9 Å². The molecule has 0 aromatic heterocycles. The average Bonchev–Trinajstić information content (AvgIpc) is 2.64. The van der Waals surface area contributed by atoms with Crippen LogP contribution in [0.4, 0.5) is 0 Å². The second-order valence-electron chi connectivity index (χ2n) is 5.49. The quantitative estimate of drug-likeness (QED) is 0.491. The van der Waals surface area contributed by atoms with E-state index in [-0.39, 0.29) is 12.4 Å². The van der Waals surface area contributed by atoms with Gasteiger partial charge in [-0.1, -0.05) is 48.0 Å². The third kappa shape index (κ3) is 4.47. The summed E-state index contributed by atoms with van der Waals surface area (Å²) in [5.41, 5.74) is 3.46. The summed E-state index contributed by atoms with van der Waals surface area (Å²) in [5.74, 6) is 0.171. The van der Waals surface area contributed by atoms with Crippen molar-refractivity contribution in [3.8, 4) is 22.9 Å². The van der Waals surface area contributed by atoms with E-state index in [9.17, 15) is 4.79 Å². The molecule has 0 bridgehead atoms. The van der Waals surface area contributed by atoms with E-state index in [0.717, 1.165) is 16.7 Å². The molecule has 25 heavy (non-hydrogen) atoms. The van der Waals surface area contributed by atoms with Crippen molar-refractivity contribution in [2.75, 3.05) is 0 Å². The summed E-state index contributed by atoms with van der Waals surface area (Å²) in [5, 5.41) is 9.47. The van der Waals surface area contributed by atoms with Gasteiger partial charge in [0, 0.05) is 5.02 Å². The molecule has 122 valence electrons. The number of benzene rings is 3. The molecule has 0 amide bonds. The lowest BCUT2D eigenvalue weighted by Crippen LogP contribution is -2.11. The maximum absolute atomic E-state index is 12.0. The van der Waals surface area contributed by atoms with Crippen molar-refractivity contribution < 1.29 is 9.53 Å². The summed E-state index contributed by atoms with van der Waals surface area (Å²) in [7, 11) is 0. The SMILES string of the molecule is N#Cc1ccc(-c2ccc(OC(=O)Cc3ccc(Cl)cc3)cc2)cc1. The maximum Gasteiger partial charge on any atom is 0.315 e. The second-order valence-corrected chi connectivity index (χ2v) is 5.93. The van der Waals surface area contributed by atoms with Crippen molar-refractivity contribution >= 4 is 17.6 Å². The molecule has 0 fully saturated rings. The van der Waals surface area contributed by atoms with Crippen LogP contribution in [-0.2, 0) is 11.2 Å². The first-order valence-electron chi connectivity index (χ1n) is 7.70. The van der Waals surface area contributed by atoms with Gasteiger partial charge in [-0.2, -0.15) is 5.26 Å². The Morgan fingerprint density at radius 2 is 1.44 bits per heavy atom. The smallest absolute Gasteiger partial charge is 0.315 e. The predicted molar refractivity (Wildman–Crippen MR) is 97.4 cm³/mol. The Morgan fingerprint density at radius 3 is 2.00 bits per heavy atom. The molecular formula is C21H14ClNO2. The van der Waals surface area contributed by atoms with Gasteiger partial charge in [0.1, 0.15) is 5.75 Å². The number of carbonyl (C=O) groups is 1. The highest BCUT2D eigenvalue weighted by atomic mass is 35.5. The van der Waals surface area contributed by atoms with Crippen LogP contribution < -0.4 is 4.74 Å². The van der Waals surface area contributed by atoms with Crippen LogP contribution in [0.1, 0.15) is 11.1 Å². The maximum atomic E-state index is 12.0. The molecule has 0 saturated heterocycles. The van der Waals surface area contributed by atoms with Gasteiger partial charge in [-0.3, -0.25) is 4.79 Å². The van der Waals surface area contributed by atoms with Crippen LogP contribution in [0.5, 0.6) is 5.75 Å². The van der Waals surface area contributed by atoms with E-state index in [4.69, 9.17) is 21.6 Å². The molecule has 0 N–H and O–H groups in total. The number of hydrogen-bond acceptors (Lipinski definition) is 3. The lowest BCUT2D eigenvalue weighted by molar-refractivity contribution is -0.133. The normalized spacial score (nSPS) is 10.1. The Balaban J connectivity index is 1.64.